The molecule has 25 heavy (non-hydrogen) atoms. The number of benzene rings is 1. The number of rotatable bonds is 1. The summed E-state index contributed by atoms with van der Waals surface area (Å²) in [6.45, 7) is 0.188. The van der Waals surface area contributed by atoms with Gasteiger partial charge in [-0.3, -0.25) is 14.3 Å². The van der Waals surface area contributed by atoms with Crippen molar-refractivity contribution in [1.29, 1.82) is 0 Å². The molecule has 126 valence electrons. The number of aromatic hydroxyl groups is 1. The SMILES string of the molecule is C#CCN1c2c(c(=O)[nH]c(=O)n2C)N(C)C1C#Cc1cccc(O)c1. The Labute approximate surface area is 144 Å². The van der Waals surface area contributed by atoms with Gasteiger partial charge in [-0.25, -0.2) is 4.79 Å². The van der Waals surface area contributed by atoms with Crippen LogP contribution in [0, 0.1) is 24.2 Å². The van der Waals surface area contributed by atoms with E-state index in [-0.39, 0.29) is 12.3 Å². The Morgan fingerprint density at radius 3 is 2.76 bits per heavy atom. The lowest BCUT2D eigenvalue weighted by Crippen LogP contribution is -2.41. The lowest BCUT2D eigenvalue weighted by atomic mass is 10.2. The van der Waals surface area contributed by atoms with E-state index >= 15 is 0 Å². The normalized spacial score (nSPS) is 15.3. The fraction of sp³-hybridized carbons (Fsp3) is 0.222. The second-order valence-electron chi connectivity index (χ2n) is 5.63. The summed E-state index contributed by atoms with van der Waals surface area (Å²) >= 11 is 0. The quantitative estimate of drug-likeness (QED) is 0.719. The minimum atomic E-state index is -0.513. The van der Waals surface area contributed by atoms with Crippen molar-refractivity contribution in [2.45, 2.75) is 6.17 Å². The summed E-state index contributed by atoms with van der Waals surface area (Å²) < 4.78 is 1.35. The van der Waals surface area contributed by atoms with Gasteiger partial charge in [-0.1, -0.05) is 23.8 Å². The molecule has 0 spiro atoms. The number of phenolic OH excluding ortho intramolecular Hbond substituents is 1. The van der Waals surface area contributed by atoms with E-state index < -0.39 is 17.4 Å². The molecule has 1 unspecified atom stereocenters. The summed E-state index contributed by atoms with van der Waals surface area (Å²) in [4.78, 5) is 29.9. The molecule has 1 atom stereocenters. The summed E-state index contributed by atoms with van der Waals surface area (Å²) in [5.41, 5.74) is -0.0228. The predicted octanol–water partition coefficient (Wildman–Crippen LogP) is 0.0464. The van der Waals surface area contributed by atoms with E-state index in [2.05, 4.69) is 22.7 Å². The monoisotopic (exact) mass is 336 g/mol. The molecule has 1 aliphatic heterocycles. The van der Waals surface area contributed by atoms with Crippen LogP contribution in [0.5, 0.6) is 5.75 Å². The number of terminal acetylenes is 1. The van der Waals surface area contributed by atoms with Gasteiger partial charge in [-0.2, -0.15) is 0 Å². The van der Waals surface area contributed by atoms with Gasteiger partial charge in [0.05, 0.1) is 6.54 Å². The Morgan fingerprint density at radius 1 is 1.32 bits per heavy atom. The van der Waals surface area contributed by atoms with E-state index in [1.165, 1.54) is 4.57 Å². The predicted molar refractivity (Wildman–Crippen MR) is 95.7 cm³/mol. The molecule has 2 aromatic rings. The first-order valence-electron chi connectivity index (χ1n) is 7.51. The molecule has 0 fully saturated rings. The third-order valence-electron chi connectivity index (χ3n) is 4.01. The number of anilines is 2. The van der Waals surface area contributed by atoms with E-state index in [4.69, 9.17) is 6.42 Å². The van der Waals surface area contributed by atoms with Crippen LogP contribution in [0.15, 0.2) is 33.9 Å². The third-order valence-corrected chi connectivity index (χ3v) is 4.01. The summed E-state index contributed by atoms with van der Waals surface area (Å²) in [5.74, 6) is 9.12. The van der Waals surface area contributed by atoms with Gasteiger partial charge in [0.2, 0.25) is 0 Å². The molecule has 0 bridgehead atoms. The molecule has 7 nitrogen and oxygen atoms in total. The summed E-state index contributed by atoms with van der Waals surface area (Å²) in [6.07, 6.45) is 4.95. The van der Waals surface area contributed by atoms with Gasteiger partial charge >= 0.3 is 5.69 Å². The second-order valence-corrected chi connectivity index (χ2v) is 5.63. The van der Waals surface area contributed by atoms with Crippen LogP contribution in [0.4, 0.5) is 11.5 Å². The molecule has 0 saturated heterocycles. The molecule has 1 aromatic carbocycles. The molecule has 3 rings (SSSR count). The Balaban J connectivity index is 2.11. The molecule has 7 heteroatoms. The molecule has 0 radical (unpaired) electrons. The zero-order valence-electron chi connectivity index (χ0n) is 13.8. The number of hydrogen-bond acceptors (Lipinski definition) is 5. The van der Waals surface area contributed by atoms with Crippen molar-refractivity contribution in [2.75, 3.05) is 23.4 Å². The van der Waals surface area contributed by atoms with Gasteiger partial charge in [0.15, 0.2) is 6.17 Å². The summed E-state index contributed by atoms with van der Waals surface area (Å²) in [6, 6.07) is 6.56. The smallest absolute Gasteiger partial charge is 0.329 e. The molecule has 0 aliphatic carbocycles. The molecule has 1 aliphatic rings. The largest absolute Gasteiger partial charge is 0.508 e. The van der Waals surface area contributed by atoms with Crippen molar-refractivity contribution < 1.29 is 5.11 Å². The lowest BCUT2D eigenvalue weighted by molar-refractivity contribution is 0.475. The highest BCUT2D eigenvalue weighted by Crippen LogP contribution is 2.33. The molecule has 1 aromatic heterocycles. The topological polar surface area (TPSA) is 81.6 Å². The molecular weight excluding hydrogens is 320 g/mol. The first kappa shape index (κ1) is 16.3. The van der Waals surface area contributed by atoms with Crippen LogP contribution >= 0.6 is 0 Å². The number of aromatic amines is 1. The third kappa shape index (κ3) is 2.73. The number of nitrogens with one attached hydrogen (secondary N) is 1. The van der Waals surface area contributed by atoms with E-state index in [1.54, 1.807) is 48.2 Å². The van der Waals surface area contributed by atoms with Gasteiger partial charge in [0.25, 0.3) is 5.56 Å². The zero-order valence-corrected chi connectivity index (χ0v) is 13.8. The number of hydrogen-bond donors (Lipinski definition) is 2. The fourth-order valence-electron chi connectivity index (χ4n) is 2.86. The maximum atomic E-state index is 12.2. The Hall–Kier alpha value is -3.58. The number of H-pyrrole nitrogens is 1. The Kier molecular flexibility index (Phi) is 4.00. The average molecular weight is 336 g/mol. The molecular formula is C18H16N4O3. The van der Waals surface area contributed by atoms with Gasteiger partial charge in [-0.05, 0) is 18.2 Å². The first-order chi connectivity index (χ1) is 11.9. The van der Waals surface area contributed by atoms with Crippen LogP contribution in [0.1, 0.15) is 5.56 Å². The highest BCUT2D eigenvalue weighted by molar-refractivity contribution is 5.75. The summed E-state index contributed by atoms with van der Waals surface area (Å²) in [5, 5.41) is 9.54. The highest BCUT2D eigenvalue weighted by atomic mass is 16.3. The van der Waals surface area contributed by atoms with E-state index in [9.17, 15) is 14.7 Å². The van der Waals surface area contributed by atoms with Gasteiger partial charge < -0.3 is 14.9 Å². The number of nitrogens with zero attached hydrogens (tertiary/aromatic N) is 3. The number of aromatic nitrogens is 2. The minimum Gasteiger partial charge on any atom is -0.508 e. The van der Waals surface area contributed by atoms with Crippen molar-refractivity contribution in [2.24, 2.45) is 7.05 Å². The number of fused-ring (bicyclic) bond motifs is 1. The van der Waals surface area contributed by atoms with Crippen molar-refractivity contribution in [1.82, 2.24) is 9.55 Å². The second kappa shape index (κ2) is 6.14. The summed E-state index contributed by atoms with van der Waals surface area (Å²) in [7, 11) is 3.29. The van der Waals surface area contributed by atoms with Crippen LogP contribution in [0.25, 0.3) is 0 Å². The fourth-order valence-corrected chi connectivity index (χ4v) is 2.86. The lowest BCUT2D eigenvalue weighted by Gasteiger charge is -2.24. The zero-order chi connectivity index (χ0) is 18.1. The van der Waals surface area contributed by atoms with E-state index in [1.807, 2.05) is 0 Å². The van der Waals surface area contributed by atoms with Crippen LogP contribution < -0.4 is 21.0 Å². The molecule has 2 N–H and O–H groups in total. The van der Waals surface area contributed by atoms with Crippen molar-refractivity contribution in [3.8, 4) is 29.9 Å². The van der Waals surface area contributed by atoms with Crippen molar-refractivity contribution in [3.05, 3.63) is 50.7 Å². The van der Waals surface area contributed by atoms with Gasteiger partial charge in [0, 0.05) is 19.7 Å². The van der Waals surface area contributed by atoms with Gasteiger partial charge in [-0.15, -0.1) is 6.42 Å². The van der Waals surface area contributed by atoms with Crippen LogP contribution in [-0.2, 0) is 7.05 Å². The molecule has 2 heterocycles. The van der Waals surface area contributed by atoms with Crippen LogP contribution in [-0.4, -0.2) is 34.4 Å². The van der Waals surface area contributed by atoms with Crippen LogP contribution in [0.3, 0.4) is 0 Å². The van der Waals surface area contributed by atoms with E-state index in [0.29, 0.717) is 17.1 Å². The Morgan fingerprint density at radius 2 is 2.08 bits per heavy atom. The highest BCUT2D eigenvalue weighted by Gasteiger charge is 2.36. The van der Waals surface area contributed by atoms with Crippen molar-refractivity contribution >= 4 is 11.5 Å². The Bertz CT molecular complexity index is 1050. The number of phenols is 1. The van der Waals surface area contributed by atoms with Crippen LogP contribution in [0.2, 0.25) is 0 Å². The first-order valence-corrected chi connectivity index (χ1v) is 7.51. The standard InChI is InChI=1S/C18H16N4O3/c1-4-10-22-14(9-8-12-6-5-7-13(23)11-12)20(2)15-16(24)19-18(25)21(3)17(15)22/h1,5-7,11,14,23H,10H2,2-3H3,(H,19,24,25). The average Bonchev–Trinajstić information content (AvgIpc) is 2.84. The van der Waals surface area contributed by atoms with E-state index in [0.717, 1.165) is 0 Å². The van der Waals surface area contributed by atoms with Gasteiger partial charge in [0.1, 0.15) is 17.3 Å². The molecule has 0 amide bonds. The minimum absolute atomic E-state index is 0.120. The van der Waals surface area contributed by atoms with Crippen molar-refractivity contribution in [3.63, 3.8) is 0 Å². The molecule has 0 saturated carbocycles. The maximum absolute atomic E-state index is 12.2. The maximum Gasteiger partial charge on any atom is 0.329 e.